The summed E-state index contributed by atoms with van der Waals surface area (Å²) in [5, 5.41) is 18.1. The van der Waals surface area contributed by atoms with Crippen LogP contribution in [0.25, 0.3) is 27.7 Å². The maximum atomic E-state index is 15.3. The highest BCUT2D eigenvalue weighted by Crippen LogP contribution is 2.30. The number of hydrogen-bond acceptors (Lipinski definition) is 9. The number of nitrogens with zero attached hydrogens (tertiary/aromatic N) is 6. The number of aryl methyl sites for hydroxylation is 1. The number of carbonyl (C=O) groups is 1. The second-order valence-corrected chi connectivity index (χ2v) is 12.9. The van der Waals surface area contributed by atoms with Crippen molar-refractivity contribution in [1.82, 2.24) is 29.2 Å². The highest BCUT2D eigenvalue weighted by molar-refractivity contribution is 5.94. The van der Waals surface area contributed by atoms with Crippen LogP contribution in [0, 0.1) is 5.82 Å². The van der Waals surface area contributed by atoms with Gasteiger partial charge in [0, 0.05) is 48.7 Å². The monoisotopic (exact) mass is 653 g/mol. The minimum Gasteiger partial charge on any atom is -0.392 e. The second-order valence-electron chi connectivity index (χ2n) is 12.9. The molecule has 0 unspecified atom stereocenters. The van der Waals surface area contributed by atoms with E-state index >= 15 is 4.39 Å². The molecule has 0 bridgehead atoms. The first-order valence-corrected chi connectivity index (χ1v) is 15.5. The predicted molar refractivity (Wildman–Crippen MR) is 179 cm³/mol. The van der Waals surface area contributed by atoms with Crippen molar-refractivity contribution in [1.29, 1.82) is 0 Å². The fraction of sp³-hybridized carbons (Fsp3) is 0.314. The maximum absolute atomic E-state index is 15.3. The summed E-state index contributed by atoms with van der Waals surface area (Å²) < 4.78 is 23.1. The predicted octanol–water partition coefficient (Wildman–Crippen LogP) is 4.07. The summed E-state index contributed by atoms with van der Waals surface area (Å²) in [4.78, 5) is 50.2. The summed E-state index contributed by atoms with van der Waals surface area (Å²) >= 11 is 0. The first kappa shape index (κ1) is 32.7. The third-order valence-corrected chi connectivity index (χ3v) is 8.49. The molecule has 5 heterocycles. The van der Waals surface area contributed by atoms with E-state index in [4.69, 9.17) is 4.74 Å². The van der Waals surface area contributed by atoms with Crippen LogP contribution in [0.5, 0.6) is 0 Å². The molecule has 12 nitrogen and oxygen atoms in total. The number of pyridine rings is 3. The number of hydrogen-bond donors (Lipinski definition) is 2. The molecule has 0 radical (unpaired) electrons. The molecule has 1 fully saturated rings. The van der Waals surface area contributed by atoms with Gasteiger partial charge in [-0.25, -0.2) is 14.4 Å². The molecule has 0 aliphatic carbocycles. The number of anilines is 2. The fourth-order valence-corrected chi connectivity index (χ4v) is 5.78. The summed E-state index contributed by atoms with van der Waals surface area (Å²) in [6.07, 6.45) is 5.91. The average molecular weight is 654 g/mol. The van der Waals surface area contributed by atoms with Gasteiger partial charge in [0.25, 0.3) is 17.0 Å². The lowest BCUT2D eigenvalue weighted by molar-refractivity contribution is 0.00357. The first-order valence-electron chi connectivity index (χ1n) is 15.5. The standard InChI is InChI=1S/C35H36FN7O5/c1-20-19-48-11-10-42(20)32(45)21-6-7-29(38-15-21)40-28-13-23(17-41(5)33(28)46)25-8-9-37-31(26(25)18-44)43-34(47)30-22(16-39-43)12-24(14-27(30)36)35(2,3)4/h6-9,12-17,20,44H,10-11,18-19H2,1-5H3,(H,38,40)/t20-/m1/s1. The van der Waals surface area contributed by atoms with E-state index in [-0.39, 0.29) is 45.4 Å². The SMILES string of the molecule is C[C@@H]1COCCN1C(=O)c1ccc(Nc2cc(-c3ccnc(-n4ncc5cc(C(C)(C)C)cc(F)c5c4=O)c3CO)cn(C)c2=O)nc1. The van der Waals surface area contributed by atoms with Gasteiger partial charge in [-0.1, -0.05) is 20.8 Å². The van der Waals surface area contributed by atoms with E-state index in [0.29, 0.717) is 47.7 Å². The van der Waals surface area contributed by atoms with Gasteiger partial charge in [-0.3, -0.25) is 14.4 Å². The van der Waals surface area contributed by atoms with Crippen molar-refractivity contribution >= 4 is 28.2 Å². The van der Waals surface area contributed by atoms with Crippen molar-refractivity contribution in [2.75, 3.05) is 25.1 Å². The lowest BCUT2D eigenvalue weighted by atomic mass is 9.86. The Hall–Kier alpha value is -5.27. The zero-order valence-electron chi connectivity index (χ0n) is 27.3. The highest BCUT2D eigenvalue weighted by Gasteiger charge is 2.25. The number of rotatable bonds is 6. The highest BCUT2D eigenvalue weighted by atomic mass is 19.1. The summed E-state index contributed by atoms with van der Waals surface area (Å²) in [5.41, 5.74) is 1.17. The van der Waals surface area contributed by atoms with Crippen LogP contribution in [0.3, 0.4) is 0 Å². The van der Waals surface area contributed by atoms with E-state index in [0.717, 1.165) is 10.2 Å². The average Bonchev–Trinajstić information content (AvgIpc) is 3.06. The van der Waals surface area contributed by atoms with Gasteiger partial charge in [-0.15, -0.1) is 0 Å². The Morgan fingerprint density at radius 2 is 1.90 bits per heavy atom. The van der Waals surface area contributed by atoms with Gasteiger partial charge in [0.2, 0.25) is 0 Å². The number of morpholine rings is 1. The van der Waals surface area contributed by atoms with Crippen LogP contribution in [0.15, 0.2) is 70.8 Å². The Bertz CT molecular complexity index is 2160. The van der Waals surface area contributed by atoms with Crippen molar-refractivity contribution in [3.8, 4) is 16.9 Å². The van der Waals surface area contributed by atoms with Crippen LogP contribution in [0.1, 0.15) is 49.2 Å². The third-order valence-electron chi connectivity index (χ3n) is 8.49. The van der Waals surface area contributed by atoms with Crippen molar-refractivity contribution in [2.45, 2.75) is 45.8 Å². The number of nitrogens with one attached hydrogen (secondary N) is 1. The molecular weight excluding hydrogens is 617 g/mol. The van der Waals surface area contributed by atoms with E-state index in [9.17, 15) is 19.5 Å². The molecule has 13 heteroatoms. The van der Waals surface area contributed by atoms with Crippen molar-refractivity contribution < 1.29 is 19.0 Å². The van der Waals surface area contributed by atoms with Crippen LogP contribution in [0.4, 0.5) is 15.9 Å². The molecule has 6 rings (SSSR count). The van der Waals surface area contributed by atoms with Crippen LogP contribution < -0.4 is 16.4 Å². The van der Waals surface area contributed by atoms with Crippen LogP contribution in [-0.4, -0.2) is 66.0 Å². The molecule has 0 saturated carbocycles. The van der Waals surface area contributed by atoms with E-state index in [1.54, 1.807) is 48.5 Å². The summed E-state index contributed by atoms with van der Waals surface area (Å²) in [5.74, 6) is -0.445. The largest absolute Gasteiger partial charge is 0.392 e. The smallest absolute Gasteiger partial charge is 0.283 e. The van der Waals surface area contributed by atoms with Gasteiger partial charge >= 0.3 is 0 Å². The number of fused-ring (bicyclic) bond motifs is 1. The zero-order valence-corrected chi connectivity index (χ0v) is 27.3. The number of carbonyl (C=O) groups excluding carboxylic acids is 1. The molecule has 5 aromatic rings. The Morgan fingerprint density at radius 1 is 1.10 bits per heavy atom. The summed E-state index contributed by atoms with van der Waals surface area (Å²) in [6, 6.07) is 9.56. The molecule has 1 aliphatic rings. The van der Waals surface area contributed by atoms with Crippen molar-refractivity contribution in [3.63, 3.8) is 0 Å². The second kappa shape index (κ2) is 12.7. The van der Waals surface area contributed by atoms with Gasteiger partial charge in [-0.2, -0.15) is 9.78 Å². The van der Waals surface area contributed by atoms with E-state index < -0.39 is 18.0 Å². The molecule has 1 saturated heterocycles. The van der Waals surface area contributed by atoms with Gasteiger partial charge < -0.3 is 24.6 Å². The molecule has 2 N–H and O–H groups in total. The molecule has 1 amide bonds. The normalized spacial score (nSPS) is 15.1. The number of benzene rings is 1. The van der Waals surface area contributed by atoms with Crippen molar-refractivity contribution in [2.24, 2.45) is 7.05 Å². The molecule has 1 aromatic carbocycles. The topological polar surface area (TPSA) is 144 Å². The Balaban J connectivity index is 1.35. The first-order chi connectivity index (χ1) is 22.9. The van der Waals surface area contributed by atoms with Gasteiger partial charge in [-0.05, 0) is 59.9 Å². The molecule has 4 aromatic heterocycles. The molecule has 1 atom stereocenters. The molecule has 248 valence electrons. The Labute approximate surface area is 275 Å². The lowest BCUT2D eigenvalue weighted by Gasteiger charge is -2.33. The molecule has 48 heavy (non-hydrogen) atoms. The summed E-state index contributed by atoms with van der Waals surface area (Å²) in [6.45, 7) is 8.70. The van der Waals surface area contributed by atoms with Crippen molar-refractivity contribution in [3.05, 3.63) is 104 Å². The van der Waals surface area contributed by atoms with Crippen LogP contribution in [0.2, 0.25) is 0 Å². The van der Waals surface area contributed by atoms with Gasteiger partial charge in [0.05, 0.1) is 43.0 Å². The molecule has 1 aliphatic heterocycles. The maximum Gasteiger partial charge on any atom is 0.283 e. The number of amides is 1. The van der Waals surface area contributed by atoms with E-state index in [1.165, 1.54) is 29.2 Å². The number of ether oxygens (including phenoxy) is 1. The fourth-order valence-electron chi connectivity index (χ4n) is 5.78. The third kappa shape index (κ3) is 6.09. The minimum atomic E-state index is -0.719. The van der Waals surface area contributed by atoms with Crippen LogP contribution in [-0.2, 0) is 23.8 Å². The summed E-state index contributed by atoms with van der Waals surface area (Å²) in [7, 11) is 1.58. The number of aromatic nitrogens is 5. The number of halogens is 1. The number of aliphatic hydroxyl groups is 1. The van der Waals surface area contributed by atoms with Gasteiger partial charge in [0.1, 0.15) is 17.3 Å². The van der Waals surface area contributed by atoms with E-state index in [1.807, 2.05) is 27.7 Å². The van der Waals surface area contributed by atoms with Gasteiger partial charge in [0.15, 0.2) is 5.82 Å². The van der Waals surface area contributed by atoms with Crippen LogP contribution >= 0.6 is 0 Å². The minimum absolute atomic E-state index is 0.0288. The van der Waals surface area contributed by atoms with E-state index in [2.05, 4.69) is 20.4 Å². The Kier molecular flexibility index (Phi) is 8.67. The molecular formula is C35H36FN7O5. The molecule has 0 spiro atoms. The quantitative estimate of drug-likeness (QED) is 0.277. The lowest BCUT2D eigenvalue weighted by Crippen LogP contribution is -2.47. The zero-order chi connectivity index (χ0) is 34.3. The Morgan fingerprint density at radius 3 is 2.58 bits per heavy atom. The number of aliphatic hydroxyl groups excluding tert-OH is 1.